The normalized spacial score (nSPS) is 17.9. The molecule has 0 spiro atoms. The number of hydrogen-bond donors (Lipinski definition) is 3. The quantitative estimate of drug-likeness (QED) is 0.206. The number of alkyl halides is 4. The van der Waals surface area contributed by atoms with Crippen LogP contribution < -0.4 is 0 Å². The Balaban J connectivity index is 1.67. The molecule has 5 rings (SSSR count). The van der Waals surface area contributed by atoms with E-state index in [1.165, 1.54) is 70.5 Å². The van der Waals surface area contributed by atoms with E-state index in [1.807, 2.05) is 0 Å². The van der Waals surface area contributed by atoms with E-state index in [-0.39, 0.29) is 18.8 Å². The number of β-amino-alcohol motifs (C(OH)–C–C–N with tert-alkyl or cyclic N) is 1. The van der Waals surface area contributed by atoms with Crippen LogP contribution in [0.25, 0.3) is 22.2 Å². The average Bonchev–Trinajstić information content (AvgIpc) is 3.48. The molecule has 0 bridgehead atoms. The first kappa shape index (κ1) is 23.4. The lowest BCUT2D eigenvalue weighted by Crippen LogP contribution is -2.45. The Morgan fingerprint density at radius 1 is 1.09 bits per heavy atom. The largest absolute Gasteiger partial charge is 0.425 e. The molecule has 3 heterocycles. The summed E-state index contributed by atoms with van der Waals surface area (Å²) in [7, 11) is 0. The number of rotatable bonds is 5. The Morgan fingerprint density at radius 3 is 2.51 bits per heavy atom. The van der Waals surface area contributed by atoms with Crippen molar-refractivity contribution in [1.29, 1.82) is 0 Å². The molecule has 0 radical (unpaired) electrons. The summed E-state index contributed by atoms with van der Waals surface area (Å²) in [5, 5.41) is 25.3. The number of nitrogens with zero attached hydrogens (tertiary/aromatic N) is 3. The first-order chi connectivity index (χ1) is 16.6. The van der Waals surface area contributed by atoms with E-state index in [1.54, 1.807) is 0 Å². The van der Waals surface area contributed by atoms with E-state index in [0.29, 0.717) is 22.2 Å². The van der Waals surface area contributed by atoms with E-state index in [0.717, 1.165) is 6.20 Å². The van der Waals surface area contributed by atoms with Crippen molar-refractivity contribution in [3.05, 3.63) is 89.8 Å². The van der Waals surface area contributed by atoms with Gasteiger partial charge in [0.2, 0.25) is 5.60 Å². The van der Waals surface area contributed by atoms with Crippen LogP contribution in [-0.4, -0.2) is 49.2 Å². The zero-order valence-electron chi connectivity index (χ0n) is 18.0. The second kappa shape index (κ2) is 8.40. The minimum Gasteiger partial charge on any atom is -0.395 e. The average molecular weight is 507 g/mol. The van der Waals surface area contributed by atoms with Gasteiger partial charge >= 0.3 is 6.18 Å². The minimum atomic E-state index is -5.11. The van der Waals surface area contributed by atoms with Gasteiger partial charge in [-0.3, -0.25) is 0 Å². The zero-order chi connectivity index (χ0) is 25.0. The Hall–Kier alpha value is -3.34. The van der Waals surface area contributed by atoms with Crippen molar-refractivity contribution in [3.8, 4) is 5.69 Å². The van der Waals surface area contributed by atoms with Crippen molar-refractivity contribution in [1.82, 2.24) is 19.7 Å². The van der Waals surface area contributed by atoms with Crippen LogP contribution in [0.5, 0.6) is 0 Å². The maximum Gasteiger partial charge on any atom is 0.425 e. The van der Waals surface area contributed by atoms with Gasteiger partial charge in [0.1, 0.15) is 11.3 Å². The summed E-state index contributed by atoms with van der Waals surface area (Å²) in [6.07, 6.45) is -1.15. The summed E-state index contributed by atoms with van der Waals surface area (Å²) < 4.78 is 58.7. The van der Waals surface area contributed by atoms with E-state index < -0.39 is 34.2 Å². The molecule has 2 aromatic carbocycles. The molecule has 0 amide bonds. The number of aliphatic hydroxyl groups excluding tert-OH is 1. The van der Waals surface area contributed by atoms with Gasteiger partial charge in [-0.25, -0.2) is 9.07 Å². The highest BCUT2D eigenvalue weighted by Crippen LogP contribution is 2.52. The molecular weight excluding hydrogens is 488 g/mol. The SMILES string of the molecule is OCCN1C=C(C(O)(c2ccc3c(cnn3-c3ccc(F)cc3)c2)C(F)(F)F)c2[nH]ccc2C1Cl. The minimum absolute atomic E-state index is 0.0281. The van der Waals surface area contributed by atoms with E-state index in [4.69, 9.17) is 11.6 Å². The van der Waals surface area contributed by atoms with E-state index in [9.17, 15) is 27.8 Å². The second-order valence-electron chi connectivity index (χ2n) is 8.16. The molecule has 2 unspecified atom stereocenters. The molecule has 11 heteroatoms. The molecule has 4 aromatic rings. The Bertz CT molecular complexity index is 1410. The highest BCUT2D eigenvalue weighted by molar-refractivity contribution is 6.21. The van der Waals surface area contributed by atoms with Crippen LogP contribution >= 0.6 is 11.6 Å². The zero-order valence-corrected chi connectivity index (χ0v) is 18.7. The molecule has 2 atom stereocenters. The number of benzene rings is 2. The maximum atomic E-state index is 14.6. The first-order valence-electron chi connectivity index (χ1n) is 10.6. The molecule has 1 aliphatic rings. The topological polar surface area (TPSA) is 77.3 Å². The predicted molar refractivity (Wildman–Crippen MR) is 122 cm³/mol. The fourth-order valence-corrected chi connectivity index (χ4v) is 4.71. The molecule has 0 fully saturated rings. The van der Waals surface area contributed by atoms with Crippen LogP contribution in [-0.2, 0) is 5.60 Å². The van der Waals surface area contributed by atoms with Gasteiger partial charge in [0.15, 0.2) is 0 Å². The monoisotopic (exact) mass is 506 g/mol. The van der Waals surface area contributed by atoms with Gasteiger partial charge in [-0.1, -0.05) is 17.7 Å². The molecule has 182 valence electrons. The fourth-order valence-electron chi connectivity index (χ4n) is 4.37. The molecular formula is C24H19ClF4N4O2. The molecule has 2 aromatic heterocycles. The molecule has 1 aliphatic heterocycles. The van der Waals surface area contributed by atoms with Gasteiger partial charge in [-0.05, 0) is 48.0 Å². The molecule has 0 saturated heterocycles. The number of halogens is 5. The molecule has 0 aliphatic carbocycles. The van der Waals surface area contributed by atoms with Gasteiger partial charge < -0.3 is 20.1 Å². The van der Waals surface area contributed by atoms with Gasteiger partial charge in [0, 0.05) is 35.5 Å². The standard InChI is InChI=1S/C24H19ClF4N4O2/c25-22-18-7-8-30-21(18)19(13-32(22)9-10-34)23(35,24(27,28)29)15-1-6-20-14(11-15)12-31-33(20)17-4-2-16(26)3-5-17/h1-8,11-13,22,30,34-35H,9-10H2. The van der Waals surface area contributed by atoms with Crippen LogP contribution in [0.15, 0.2) is 67.1 Å². The summed E-state index contributed by atoms with van der Waals surface area (Å²) >= 11 is 6.41. The number of H-pyrrole nitrogens is 1. The van der Waals surface area contributed by atoms with Crippen LogP contribution in [0, 0.1) is 5.82 Å². The smallest absolute Gasteiger partial charge is 0.395 e. The summed E-state index contributed by atoms with van der Waals surface area (Å²) in [5.41, 5.74) is -3.66. The Labute approximate surface area is 201 Å². The van der Waals surface area contributed by atoms with Gasteiger partial charge in [-0.2, -0.15) is 18.3 Å². The highest BCUT2D eigenvalue weighted by Gasteiger charge is 2.59. The molecule has 6 nitrogen and oxygen atoms in total. The third-order valence-electron chi connectivity index (χ3n) is 6.11. The summed E-state index contributed by atoms with van der Waals surface area (Å²) in [6.45, 7) is -0.370. The predicted octanol–water partition coefficient (Wildman–Crippen LogP) is 4.83. The maximum absolute atomic E-state index is 14.6. The van der Waals surface area contributed by atoms with Crippen molar-refractivity contribution >= 4 is 28.1 Å². The number of hydrogen-bond acceptors (Lipinski definition) is 4. The third kappa shape index (κ3) is 3.69. The molecule has 0 saturated carbocycles. The Kier molecular flexibility index (Phi) is 5.62. The summed E-state index contributed by atoms with van der Waals surface area (Å²) in [4.78, 5) is 4.11. The van der Waals surface area contributed by atoms with E-state index in [2.05, 4.69) is 10.1 Å². The number of aromatic amines is 1. The summed E-state index contributed by atoms with van der Waals surface area (Å²) in [6, 6.07) is 10.9. The van der Waals surface area contributed by atoms with Gasteiger partial charge in [0.05, 0.1) is 29.7 Å². The Morgan fingerprint density at radius 2 is 1.83 bits per heavy atom. The second-order valence-corrected chi connectivity index (χ2v) is 8.58. The number of nitrogens with one attached hydrogen (secondary N) is 1. The lowest BCUT2D eigenvalue weighted by Gasteiger charge is -2.39. The molecule has 35 heavy (non-hydrogen) atoms. The van der Waals surface area contributed by atoms with Crippen molar-refractivity contribution in [2.24, 2.45) is 0 Å². The van der Waals surface area contributed by atoms with Crippen molar-refractivity contribution in [2.75, 3.05) is 13.2 Å². The first-order valence-corrected chi connectivity index (χ1v) is 11.0. The van der Waals surface area contributed by atoms with Crippen molar-refractivity contribution in [2.45, 2.75) is 17.3 Å². The lowest BCUT2D eigenvalue weighted by molar-refractivity contribution is -0.240. The third-order valence-corrected chi connectivity index (χ3v) is 6.59. The number of aliphatic hydroxyl groups is 2. The van der Waals surface area contributed by atoms with Crippen LogP contribution in [0.2, 0.25) is 0 Å². The van der Waals surface area contributed by atoms with Crippen molar-refractivity contribution in [3.63, 3.8) is 0 Å². The summed E-state index contributed by atoms with van der Waals surface area (Å²) in [5.74, 6) is -0.429. The van der Waals surface area contributed by atoms with E-state index >= 15 is 0 Å². The lowest BCUT2D eigenvalue weighted by atomic mass is 9.81. The van der Waals surface area contributed by atoms with Crippen molar-refractivity contribution < 1.29 is 27.8 Å². The van der Waals surface area contributed by atoms with Crippen LogP contribution in [0.3, 0.4) is 0 Å². The molecule has 3 N–H and O–H groups in total. The van der Waals surface area contributed by atoms with Crippen LogP contribution in [0.1, 0.15) is 22.3 Å². The highest BCUT2D eigenvalue weighted by atomic mass is 35.5. The number of aromatic nitrogens is 3. The fraction of sp³-hybridized carbons (Fsp3) is 0.208. The van der Waals surface area contributed by atoms with Crippen LogP contribution in [0.4, 0.5) is 17.6 Å². The number of fused-ring (bicyclic) bond motifs is 2. The van der Waals surface area contributed by atoms with Gasteiger partial charge in [0.25, 0.3) is 0 Å². The van der Waals surface area contributed by atoms with Gasteiger partial charge in [-0.15, -0.1) is 0 Å².